The van der Waals surface area contributed by atoms with E-state index in [4.69, 9.17) is 0 Å². The van der Waals surface area contributed by atoms with Crippen molar-refractivity contribution < 1.29 is 0 Å². The van der Waals surface area contributed by atoms with Crippen LogP contribution in [0.4, 0.5) is 5.69 Å². The highest BCUT2D eigenvalue weighted by atomic mass is 32.2. The molecular weight excluding hydrogens is 158 g/mol. The molecule has 0 aromatic carbocycles. The largest absolute Gasteiger partial charge is 0.369 e. The molecule has 0 radical (unpaired) electrons. The van der Waals surface area contributed by atoms with Gasteiger partial charge in [0.15, 0.2) is 0 Å². The molecule has 58 valence electrons. The van der Waals surface area contributed by atoms with E-state index in [1.54, 1.807) is 11.9 Å². The number of hydrogen-bond acceptors (Lipinski definition) is 4. The number of pyridine rings is 1. The van der Waals surface area contributed by atoms with Crippen LogP contribution in [0.25, 0.3) is 0 Å². The Morgan fingerprint density at radius 1 is 1.73 bits per heavy atom. The fraction of sp³-hybridized carbons (Fsp3) is 0.286. The molecule has 1 aromatic heterocycles. The first-order valence-corrected chi connectivity index (χ1v) is 4.21. The normalized spacial score (nSPS) is 17.2. The van der Waals surface area contributed by atoms with Crippen molar-refractivity contribution in [2.45, 2.75) is 5.03 Å². The zero-order valence-corrected chi connectivity index (χ0v) is 7.06. The van der Waals surface area contributed by atoms with E-state index >= 15 is 0 Å². The van der Waals surface area contributed by atoms with Gasteiger partial charge in [0, 0.05) is 6.20 Å². The maximum Gasteiger partial charge on any atom is 0.134 e. The fourth-order valence-corrected chi connectivity index (χ4v) is 1.75. The van der Waals surface area contributed by atoms with Gasteiger partial charge in [0.1, 0.15) is 5.03 Å². The van der Waals surface area contributed by atoms with Gasteiger partial charge in [-0.1, -0.05) is 0 Å². The predicted octanol–water partition coefficient (Wildman–Crippen LogP) is 1.40. The van der Waals surface area contributed by atoms with E-state index in [0.717, 1.165) is 17.4 Å². The Morgan fingerprint density at radius 2 is 2.64 bits per heavy atom. The third kappa shape index (κ3) is 1.32. The van der Waals surface area contributed by atoms with Crippen molar-refractivity contribution in [3.63, 3.8) is 0 Å². The molecule has 2 rings (SSSR count). The average molecular weight is 167 g/mol. The van der Waals surface area contributed by atoms with Crippen LogP contribution in [0.2, 0.25) is 0 Å². The molecule has 0 fully saturated rings. The molecule has 0 saturated heterocycles. The monoisotopic (exact) mass is 167 g/mol. The Kier molecular flexibility index (Phi) is 1.71. The third-order valence-corrected chi connectivity index (χ3v) is 2.44. The van der Waals surface area contributed by atoms with Crippen LogP contribution in [0.5, 0.6) is 0 Å². The molecule has 11 heavy (non-hydrogen) atoms. The fourth-order valence-electron chi connectivity index (χ4n) is 0.974. The zero-order chi connectivity index (χ0) is 7.68. The average Bonchev–Trinajstić information content (AvgIpc) is 2.04. The second-order valence-electron chi connectivity index (χ2n) is 2.41. The van der Waals surface area contributed by atoms with E-state index in [-0.39, 0.29) is 0 Å². The predicted molar refractivity (Wildman–Crippen MR) is 46.3 cm³/mol. The minimum atomic E-state index is 0.878. The van der Waals surface area contributed by atoms with Crippen molar-refractivity contribution in [1.29, 1.82) is 0 Å². The van der Waals surface area contributed by atoms with Crippen molar-refractivity contribution in [2.75, 3.05) is 19.0 Å². The first kappa shape index (κ1) is 6.94. The van der Waals surface area contributed by atoms with Gasteiger partial charge in [0.2, 0.25) is 0 Å². The minimum Gasteiger partial charge on any atom is -0.369 e. The molecular formula is C7H9N3S. The van der Waals surface area contributed by atoms with Gasteiger partial charge >= 0.3 is 0 Å². The molecule has 3 nitrogen and oxygen atoms in total. The maximum absolute atomic E-state index is 4.23. The highest BCUT2D eigenvalue weighted by Gasteiger charge is 2.12. The summed E-state index contributed by atoms with van der Waals surface area (Å²) in [5.74, 6) is 0. The van der Waals surface area contributed by atoms with Gasteiger partial charge in [-0.25, -0.2) is 9.29 Å². The molecule has 0 aliphatic carbocycles. The van der Waals surface area contributed by atoms with Crippen LogP contribution in [-0.2, 0) is 0 Å². The lowest BCUT2D eigenvalue weighted by atomic mass is 10.4. The topological polar surface area (TPSA) is 28.2 Å². The van der Waals surface area contributed by atoms with Crippen molar-refractivity contribution in [1.82, 2.24) is 9.29 Å². The van der Waals surface area contributed by atoms with Crippen molar-refractivity contribution >= 4 is 17.6 Å². The Bertz CT molecular complexity index is 264. The zero-order valence-electron chi connectivity index (χ0n) is 6.24. The summed E-state index contributed by atoms with van der Waals surface area (Å²) >= 11 is 1.67. The lowest BCUT2D eigenvalue weighted by Gasteiger charge is -2.23. The summed E-state index contributed by atoms with van der Waals surface area (Å²) in [5, 5.41) is 4.31. The van der Waals surface area contributed by atoms with E-state index < -0.39 is 0 Å². The quantitative estimate of drug-likeness (QED) is 0.591. The Labute approximate surface area is 69.9 Å². The van der Waals surface area contributed by atoms with Crippen LogP contribution in [0, 0.1) is 0 Å². The second kappa shape index (κ2) is 2.71. The number of aromatic nitrogens is 1. The smallest absolute Gasteiger partial charge is 0.134 e. The number of rotatable bonds is 0. The van der Waals surface area contributed by atoms with Crippen molar-refractivity contribution in [3.8, 4) is 0 Å². The van der Waals surface area contributed by atoms with E-state index in [2.05, 4.69) is 14.6 Å². The van der Waals surface area contributed by atoms with Gasteiger partial charge in [0.25, 0.3) is 0 Å². The van der Waals surface area contributed by atoms with E-state index in [1.807, 2.05) is 25.4 Å². The summed E-state index contributed by atoms with van der Waals surface area (Å²) in [4.78, 5) is 4.23. The highest BCUT2D eigenvalue weighted by Crippen LogP contribution is 2.29. The standard InChI is InChI=1S/C7H9N3S/c1-10-5-9-6-3-2-4-8-7(6)11-10/h2-4,9H,5H2,1H3. The Morgan fingerprint density at radius 3 is 3.55 bits per heavy atom. The molecule has 0 amide bonds. The van der Waals surface area contributed by atoms with Crippen LogP contribution in [0.3, 0.4) is 0 Å². The van der Waals surface area contributed by atoms with Crippen LogP contribution in [-0.4, -0.2) is 23.0 Å². The molecule has 0 atom stereocenters. The van der Waals surface area contributed by atoms with Gasteiger partial charge in [0.05, 0.1) is 12.4 Å². The van der Waals surface area contributed by atoms with Gasteiger partial charge in [-0.05, 0) is 31.1 Å². The molecule has 2 heterocycles. The second-order valence-corrected chi connectivity index (χ2v) is 3.60. The Hall–Kier alpha value is -0.740. The van der Waals surface area contributed by atoms with Crippen LogP contribution >= 0.6 is 11.9 Å². The summed E-state index contributed by atoms with van der Waals surface area (Å²) < 4.78 is 2.11. The maximum atomic E-state index is 4.23. The molecule has 0 saturated carbocycles. The lowest BCUT2D eigenvalue weighted by molar-refractivity contribution is 0.597. The lowest BCUT2D eigenvalue weighted by Crippen LogP contribution is -2.23. The van der Waals surface area contributed by atoms with Crippen molar-refractivity contribution in [2.24, 2.45) is 0 Å². The third-order valence-electron chi connectivity index (χ3n) is 1.51. The summed E-state index contributed by atoms with van der Waals surface area (Å²) in [7, 11) is 2.04. The van der Waals surface area contributed by atoms with Crippen LogP contribution in [0.15, 0.2) is 23.4 Å². The van der Waals surface area contributed by atoms with Gasteiger partial charge in [-0.2, -0.15) is 0 Å². The molecule has 0 unspecified atom stereocenters. The van der Waals surface area contributed by atoms with Gasteiger partial charge < -0.3 is 5.32 Å². The Balaban J connectivity index is 2.34. The van der Waals surface area contributed by atoms with E-state index in [1.165, 1.54) is 0 Å². The van der Waals surface area contributed by atoms with E-state index in [0.29, 0.717) is 0 Å². The summed E-state index contributed by atoms with van der Waals surface area (Å²) in [6, 6.07) is 3.99. The van der Waals surface area contributed by atoms with Crippen LogP contribution in [0.1, 0.15) is 0 Å². The molecule has 1 N–H and O–H groups in total. The highest BCUT2D eigenvalue weighted by molar-refractivity contribution is 7.97. The number of nitrogens with zero attached hydrogens (tertiary/aromatic N) is 2. The molecule has 1 aliphatic rings. The summed E-state index contributed by atoms with van der Waals surface area (Å²) in [6.07, 6.45) is 1.81. The minimum absolute atomic E-state index is 0.878. The summed E-state index contributed by atoms with van der Waals surface area (Å²) in [6.45, 7) is 0.878. The molecule has 1 aromatic rings. The number of hydrogen-bond donors (Lipinski definition) is 1. The molecule has 4 heteroatoms. The summed E-state index contributed by atoms with van der Waals surface area (Å²) in [5.41, 5.74) is 1.13. The SMILES string of the molecule is CN1CNc2cccnc2S1. The molecule has 1 aliphatic heterocycles. The van der Waals surface area contributed by atoms with E-state index in [9.17, 15) is 0 Å². The number of nitrogens with one attached hydrogen (secondary N) is 1. The first-order chi connectivity index (χ1) is 5.36. The van der Waals surface area contributed by atoms with Crippen molar-refractivity contribution in [3.05, 3.63) is 18.3 Å². The van der Waals surface area contributed by atoms with Crippen LogP contribution < -0.4 is 5.32 Å². The van der Waals surface area contributed by atoms with Gasteiger partial charge in [-0.15, -0.1) is 0 Å². The number of fused-ring (bicyclic) bond motifs is 1. The molecule has 0 spiro atoms. The van der Waals surface area contributed by atoms with Gasteiger partial charge in [-0.3, -0.25) is 0 Å². The number of anilines is 1. The first-order valence-electron chi connectivity index (χ1n) is 3.44. The molecule has 0 bridgehead atoms.